The van der Waals surface area contributed by atoms with E-state index in [0.717, 1.165) is 36.2 Å². The van der Waals surface area contributed by atoms with Crippen LogP contribution < -0.4 is 15.0 Å². The van der Waals surface area contributed by atoms with Gasteiger partial charge in [-0.1, -0.05) is 31.7 Å². The summed E-state index contributed by atoms with van der Waals surface area (Å²) >= 11 is 0. The topological polar surface area (TPSA) is 115 Å². The Morgan fingerprint density at radius 1 is 1.26 bits per heavy atom. The van der Waals surface area contributed by atoms with E-state index < -0.39 is 5.41 Å². The average molecular weight is 570 g/mol. The Hall–Kier alpha value is -3.97. The molecule has 220 valence electrons. The van der Waals surface area contributed by atoms with Crippen molar-refractivity contribution in [1.82, 2.24) is 19.8 Å². The molecule has 1 aromatic carbocycles. The van der Waals surface area contributed by atoms with E-state index in [1.54, 1.807) is 4.90 Å². The summed E-state index contributed by atoms with van der Waals surface area (Å²) in [5, 5.41) is 13.0. The summed E-state index contributed by atoms with van der Waals surface area (Å²) in [5.41, 5.74) is 2.89. The highest BCUT2D eigenvalue weighted by atomic mass is 16.5. The Kier molecular flexibility index (Phi) is 7.62. The number of Topliss-reactive ketones (excluding diaryl/α,β-unsaturated/α-hetero) is 1. The van der Waals surface area contributed by atoms with Gasteiger partial charge in [0, 0.05) is 43.5 Å². The largest absolute Gasteiger partial charge is 0.462 e. The van der Waals surface area contributed by atoms with Crippen molar-refractivity contribution in [2.45, 2.75) is 57.0 Å². The summed E-state index contributed by atoms with van der Waals surface area (Å²) in [7, 11) is 2.10. The molecule has 1 spiro atoms. The van der Waals surface area contributed by atoms with Gasteiger partial charge in [-0.3, -0.25) is 9.59 Å². The molecule has 1 amide bonds. The van der Waals surface area contributed by atoms with Crippen LogP contribution in [0.4, 0.5) is 11.5 Å². The zero-order chi connectivity index (χ0) is 29.4. The van der Waals surface area contributed by atoms with E-state index >= 15 is 0 Å². The number of rotatable bonds is 6. The summed E-state index contributed by atoms with van der Waals surface area (Å²) in [4.78, 5) is 42.9. The number of aromatic nitrogens is 2. The summed E-state index contributed by atoms with van der Waals surface area (Å²) in [6.07, 6.45) is 5.02. The average Bonchev–Trinajstić information content (AvgIpc) is 3.43. The van der Waals surface area contributed by atoms with Crippen molar-refractivity contribution in [1.29, 1.82) is 5.26 Å². The number of nitrogens with one attached hydrogen (secondary N) is 1. The van der Waals surface area contributed by atoms with Crippen LogP contribution in [0.15, 0.2) is 36.9 Å². The number of para-hydroxylation sites is 1. The van der Waals surface area contributed by atoms with Crippen LogP contribution >= 0.6 is 0 Å². The summed E-state index contributed by atoms with van der Waals surface area (Å²) in [5.74, 6) is 0.557. The van der Waals surface area contributed by atoms with Crippen LogP contribution in [-0.2, 0) is 11.2 Å². The molecule has 2 fully saturated rings. The number of ketones is 1. The lowest BCUT2D eigenvalue weighted by Crippen LogP contribution is -2.55. The van der Waals surface area contributed by atoms with Crippen LogP contribution in [0.5, 0.6) is 6.01 Å². The second-order valence-electron chi connectivity index (χ2n) is 12.1. The zero-order valence-corrected chi connectivity index (χ0v) is 24.5. The molecule has 10 nitrogen and oxygen atoms in total. The number of hydrogen-bond acceptors (Lipinski definition) is 9. The second kappa shape index (κ2) is 11.4. The van der Waals surface area contributed by atoms with Gasteiger partial charge in [-0.05, 0) is 62.9 Å². The van der Waals surface area contributed by atoms with Crippen LogP contribution in [0, 0.1) is 16.7 Å². The van der Waals surface area contributed by atoms with Crippen LogP contribution in [0.1, 0.15) is 60.1 Å². The van der Waals surface area contributed by atoms with Gasteiger partial charge in [0.2, 0.25) is 5.91 Å². The van der Waals surface area contributed by atoms with Crippen molar-refractivity contribution in [2.24, 2.45) is 5.41 Å². The highest BCUT2D eigenvalue weighted by molar-refractivity contribution is 6.03. The van der Waals surface area contributed by atoms with Gasteiger partial charge in [0.25, 0.3) is 0 Å². The number of nitrogens with zero attached hydrogens (tertiary/aromatic N) is 6. The van der Waals surface area contributed by atoms with Gasteiger partial charge in [-0.2, -0.15) is 15.2 Å². The third kappa shape index (κ3) is 4.79. The van der Waals surface area contributed by atoms with E-state index in [1.165, 1.54) is 6.08 Å². The Balaban J connectivity index is 1.37. The number of likely N-dealkylation sites (N-methyl/N-ethyl adjacent to an activating group) is 1. The van der Waals surface area contributed by atoms with E-state index in [-0.39, 0.29) is 42.1 Å². The maximum atomic E-state index is 14.5. The molecule has 2 aromatic rings. The number of hydrogen-bond donors (Lipinski definition) is 1. The Labute approximate surface area is 247 Å². The lowest BCUT2D eigenvalue weighted by Gasteiger charge is -2.46. The molecule has 1 aliphatic carbocycles. The molecule has 1 aromatic heterocycles. The molecule has 0 radical (unpaired) electrons. The first kappa shape index (κ1) is 28.2. The second-order valence-corrected chi connectivity index (χ2v) is 12.1. The number of amides is 1. The van der Waals surface area contributed by atoms with Gasteiger partial charge >= 0.3 is 6.01 Å². The monoisotopic (exact) mass is 569 g/mol. The Morgan fingerprint density at radius 2 is 2.10 bits per heavy atom. The molecule has 42 heavy (non-hydrogen) atoms. The molecule has 3 aliphatic heterocycles. The van der Waals surface area contributed by atoms with E-state index in [2.05, 4.69) is 53.9 Å². The first-order valence-electron chi connectivity index (χ1n) is 15.0. The van der Waals surface area contributed by atoms with Crippen molar-refractivity contribution in [3.63, 3.8) is 0 Å². The molecule has 4 unspecified atom stereocenters. The molecule has 4 heterocycles. The molecule has 0 saturated carbocycles. The van der Waals surface area contributed by atoms with E-state index in [1.807, 2.05) is 12.1 Å². The Morgan fingerprint density at radius 3 is 2.86 bits per heavy atom. The first-order valence-corrected chi connectivity index (χ1v) is 15.0. The van der Waals surface area contributed by atoms with Crippen molar-refractivity contribution in [3.8, 4) is 12.1 Å². The minimum Gasteiger partial charge on any atom is -0.462 e. The standard InChI is InChI=1S/C32H39N7O3/c1-4-27(40)39-17-16-38(18-22(39)12-14-33)30-25-11-13-32(20-34-26-10-6-5-9-24(26)21(32)2)29(41)28(25)35-31(36-30)42-19-23-8-7-15-37(23)3/h4-6,9-10,21-23,34H,1,7-8,11-13,15-20H2,2-3H3. The quantitative estimate of drug-likeness (QED) is 0.523. The summed E-state index contributed by atoms with van der Waals surface area (Å²) < 4.78 is 6.23. The van der Waals surface area contributed by atoms with Crippen LogP contribution in [0.25, 0.3) is 0 Å². The first-order chi connectivity index (χ1) is 20.4. The number of carbonyl (C=O) groups is 2. The van der Waals surface area contributed by atoms with Crippen LogP contribution in [-0.4, -0.2) is 89.9 Å². The number of ether oxygens (including phenoxy) is 1. The third-order valence-electron chi connectivity index (χ3n) is 9.95. The molecule has 10 heteroatoms. The SMILES string of the molecule is C=CC(=O)N1CCN(c2nc(OCC3CCCN3C)nc3c2CCC2(CNc4ccccc4C2C)C3=O)CC1CC#N. The van der Waals surface area contributed by atoms with Crippen LogP contribution in [0.3, 0.4) is 0 Å². The summed E-state index contributed by atoms with van der Waals surface area (Å²) in [6, 6.07) is 10.6. The minimum absolute atomic E-state index is 0.0267. The third-order valence-corrected chi connectivity index (χ3v) is 9.95. The van der Waals surface area contributed by atoms with Gasteiger partial charge in [-0.25, -0.2) is 0 Å². The fraction of sp³-hybridized carbons (Fsp3) is 0.531. The molecule has 2 saturated heterocycles. The highest BCUT2D eigenvalue weighted by Crippen LogP contribution is 2.51. The number of anilines is 2. The molecular formula is C32H39N7O3. The molecular weight excluding hydrogens is 530 g/mol. The summed E-state index contributed by atoms with van der Waals surface area (Å²) in [6.45, 7) is 9.24. The smallest absolute Gasteiger partial charge is 0.319 e. The predicted molar refractivity (Wildman–Crippen MR) is 160 cm³/mol. The van der Waals surface area contributed by atoms with E-state index in [4.69, 9.17) is 14.7 Å². The number of benzene rings is 1. The van der Waals surface area contributed by atoms with E-state index in [0.29, 0.717) is 57.1 Å². The predicted octanol–water partition coefficient (Wildman–Crippen LogP) is 3.41. The lowest BCUT2D eigenvalue weighted by molar-refractivity contribution is -0.128. The highest BCUT2D eigenvalue weighted by Gasteiger charge is 2.51. The van der Waals surface area contributed by atoms with Gasteiger partial charge in [0.05, 0.1) is 23.9 Å². The van der Waals surface area contributed by atoms with Crippen molar-refractivity contribution < 1.29 is 14.3 Å². The fourth-order valence-electron chi connectivity index (χ4n) is 7.31. The lowest BCUT2D eigenvalue weighted by atomic mass is 9.61. The number of nitriles is 1. The van der Waals surface area contributed by atoms with Gasteiger partial charge in [0.1, 0.15) is 18.1 Å². The van der Waals surface area contributed by atoms with Gasteiger partial charge in [0.15, 0.2) is 5.78 Å². The number of piperazine rings is 1. The molecule has 4 atom stereocenters. The number of carbonyl (C=O) groups excluding carboxylic acids is 2. The zero-order valence-electron chi connectivity index (χ0n) is 24.5. The number of likely N-dealkylation sites (tertiary alicyclic amines) is 1. The van der Waals surface area contributed by atoms with Crippen LogP contribution in [0.2, 0.25) is 0 Å². The minimum atomic E-state index is -0.617. The molecule has 0 bridgehead atoms. The normalized spacial score (nSPS) is 27.2. The Bertz CT molecular complexity index is 1440. The maximum absolute atomic E-state index is 14.5. The molecule has 1 N–H and O–H groups in total. The van der Waals surface area contributed by atoms with Gasteiger partial charge in [-0.15, -0.1) is 0 Å². The van der Waals surface area contributed by atoms with Crippen molar-refractivity contribution >= 4 is 23.2 Å². The number of fused-ring (bicyclic) bond motifs is 2. The van der Waals surface area contributed by atoms with Crippen molar-refractivity contribution in [2.75, 3.05) is 56.6 Å². The van der Waals surface area contributed by atoms with E-state index in [9.17, 15) is 14.9 Å². The fourth-order valence-corrected chi connectivity index (χ4v) is 7.31. The van der Waals surface area contributed by atoms with Gasteiger partial charge < -0.3 is 24.8 Å². The maximum Gasteiger partial charge on any atom is 0.319 e. The molecule has 4 aliphatic rings. The molecule has 6 rings (SSSR count). The van der Waals surface area contributed by atoms with Crippen molar-refractivity contribution in [3.05, 3.63) is 53.7 Å².